The normalized spacial score (nSPS) is 25.2. The van der Waals surface area contributed by atoms with Gasteiger partial charge in [0.15, 0.2) is 11.5 Å². The van der Waals surface area contributed by atoms with Crippen LogP contribution < -0.4 is 19.7 Å². The van der Waals surface area contributed by atoms with Crippen molar-refractivity contribution in [3.63, 3.8) is 0 Å². The van der Waals surface area contributed by atoms with E-state index >= 15 is 0 Å². The minimum absolute atomic E-state index is 0.0639. The van der Waals surface area contributed by atoms with Crippen LogP contribution in [0.15, 0.2) is 42.5 Å². The zero-order valence-corrected chi connectivity index (χ0v) is 20.0. The zero-order chi connectivity index (χ0) is 22.9. The molecule has 2 aromatic rings. The largest absolute Gasteiger partial charge is 0.493 e. The molecule has 1 N–H and O–H groups in total. The quantitative estimate of drug-likeness (QED) is 0.707. The number of nitrogens with one attached hydrogen (secondary N) is 1. The van der Waals surface area contributed by atoms with Crippen molar-refractivity contribution in [2.75, 3.05) is 39.8 Å². The van der Waals surface area contributed by atoms with Crippen LogP contribution in [0.1, 0.15) is 31.2 Å². The highest BCUT2D eigenvalue weighted by atomic mass is 35.5. The lowest BCUT2D eigenvalue weighted by atomic mass is 9.65. The number of likely N-dealkylation sites (tertiary alicyclic amines) is 1. The van der Waals surface area contributed by atoms with Crippen molar-refractivity contribution < 1.29 is 14.3 Å². The lowest BCUT2D eigenvalue weighted by molar-refractivity contribution is 0.155. The smallest absolute Gasteiger partial charge is 0.321 e. The Morgan fingerprint density at radius 2 is 1.94 bits per heavy atom. The van der Waals surface area contributed by atoms with Gasteiger partial charge in [-0.3, -0.25) is 4.90 Å². The number of methoxy groups -OCH3 is 2. The molecule has 1 aliphatic heterocycles. The number of benzene rings is 2. The summed E-state index contributed by atoms with van der Waals surface area (Å²) < 4.78 is 11.0. The van der Waals surface area contributed by atoms with Crippen molar-refractivity contribution in [1.82, 2.24) is 10.2 Å². The van der Waals surface area contributed by atoms with E-state index in [0.29, 0.717) is 11.1 Å². The van der Waals surface area contributed by atoms with E-state index in [4.69, 9.17) is 21.1 Å². The lowest BCUT2D eigenvalue weighted by Gasteiger charge is -2.45. The molecule has 2 fully saturated rings. The molecule has 0 bridgehead atoms. The van der Waals surface area contributed by atoms with E-state index in [1.54, 1.807) is 32.2 Å². The third-order valence-corrected chi connectivity index (χ3v) is 7.55. The van der Waals surface area contributed by atoms with E-state index in [0.717, 1.165) is 49.4 Å². The molecule has 2 aliphatic rings. The number of carbonyl (C=O) groups is 1. The summed E-state index contributed by atoms with van der Waals surface area (Å²) in [5.41, 5.74) is 2.14. The van der Waals surface area contributed by atoms with Crippen LogP contribution in [0.3, 0.4) is 0 Å². The SMILES string of the molecule is COc1ccc(C23CCC(NC(=O)N(C)c4cccc(Cl)c4)CC2N(C)CC3)cc1OC. The summed E-state index contributed by atoms with van der Waals surface area (Å²) in [4.78, 5) is 17.0. The summed E-state index contributed by atoms with van der Waals surface area (Å²) in [6, 6.07) is 14.1. The fourth-order valence-corrected chi connectivity index (χ4v) is 5.65. The van der Waals surface area contributed by atoms with Crippen LogP contribution in [-0.2, 0) is 5.41 Å². The molecule has 0 aromatic heterocycles. The number of anilines is 1. The van der Waals surface area contributed by atoms with E-state index in [1.807, 2.05) is 24.3 Å². The maximum Gasteiger partial charge on any atom is 0.321 e. The van der Waals surface area contributed by atoms with Gasteiger partial charge in [0.2, 0.25) is 0 Å². The van der Waals surface area contributed by atoms with Crippen molar-refractivity contribution in [3.8, 4) is 11.5 Å². The molecule has 1 saturated carbocycles. The van der Waals surface area contributed by atoms with E-state index in [9.17, 15) is 4.79 Å². The number of fused-ring (bicyclic) bond motifs is 1. The number of rotatable bonds is 5. The van der Waals surface area contributed by atoms with E-state index in [1.165, 1.54) is 5.56 Å². The maximum atomic E-state index is 12.9. The van der Waals surface area contributed by atoms with E-state index in [2.05, 4.69) is 29.4 Å². The summed E-state index contributed by atoms with van der Waals surface area (Å²) in [5, 5.41) is 3.87. The predicted octanol–water partition coefficient (Wildman–Crippen LogP) is 4.70. The van der Waals surface area contributed by atoms with Gasteiger partial charge < -0.3 is 19.7 Å². The first kappa shape index (κ1) is 22.7. The fourth-order valence-electron chi connectivity index (χ4n) is 5.47. The van der Waals surface area contributed by atoms with Gasteiger partial charge in [-0.25, -0.2) is 4.79 Å². The van der Waals surface area contributed by atoms with Gasteiger partial charge in [0, 0.05) is 35.3 Å². The second-order valence-corrected chi connectivity index (χ2v) is 9.37. The molecular formula is C25H32ClN3O3. The number of hydrogen-bond donors (Lipinski definition) is 1. The van der Waals surface area contributed by atoms with Crippen molar-refractivity contribution in [2.45, 2.75) is 43.2 Å². The van der Waals surface area contributed by atoms with Gasteiger partial charge in [0.1, 0.15) is 0 Å². The number of nitrogens with zero attached hydrogens (tertiary/aromatic N) is 2. The first-order valence-corrected chi connectivity index (χ1v) is 11.5. The zero-order valence-electron chi connectivity index (χ0n) is 19.2. The topological polar surface area (TPSA) is 54.0 Å². The Hall–Kier alpha value is -2.44. The van der Waals surface area contributed by atoms with Crippen LogP contribution in [0, 0.1) is 0 Å². The number of hydrogen-bond acceptors (Lipinski definition) is 4. The number of urea groups is 1. The molecule has 3 unspecified atom stereocenters. The maximum absolute atomic E-state index is 12.9. The molecule has 0 spiro atoms. The molecule has 172 valence electrons. The minimum Gasteiger partial charge on any atom is -0.493 e. The van der Waals surface area contributed by atoms with Crippen LogP contribution in [-0.4, -0.2) is 57.9 Å². The first-order valence-electron chi connectivity index (χ1n) is 11.1. The molecule has 1 saturated heterocycles. The Kier molecular flexibility index (Phi) is 6.54. The number of halogens is 1. The van der Waals surface area contributed by atoms with Gasteiger partial charge in [-0.05, 0) is 75.2 Å². The standard InChI is InChI=1S/C25H32ClN3O3/c1-28-13-12-25(17-8-9-21(31-3)22(14-17)32-4)11-10-19(16-23(25)28)27-24(30)29(2)20-7-5-6-18(26)15-20/h5-9,14-15,19,23H,10-13,16H2,1-4H3,(H,27,30). The van der Waals surface area contributed by atoms with Gasteiger partial charge in [0.05, 0.1) is 14.2 Å². The minimum atomic E-state index is -0.100. The highest BCUT2D eigenvalue weighted by Crippen LogP contribution is 2.49. The molecule has 6 nitrogen and oxygen atoms in total. The summed E-state index contributed by atoms with van der Waals surface area (Å²) in [6.07, 6.45) is 3.98. The number of amides is 2. The summed E-state index contributed by atoms with van der Waals surface area (Å²) in [7, 11) is 7.31. The third kappa shape index (κ3) is 4.14. The Bertz CT molecular complexity index is 985. The van der Waals surface area contributed by atoms with Crippen LogP contribution >= 0.6 is 11.6 Å². The Balaban J connectivity index is 1.51. The van der Waals surface area contributed by atoms with E-state index < -0.39 is 0 Å². The molecule has 2 amide bonds. The highest BCUT2D eigenvalue weighted by Gasteiger charge is 2.50. The molecule has 1 heterocycles. The van der Waals surface area contributed by atoms with Crippen LogP contribution in [0.5, 0.6) is 11.5 Å². The Labute approximate surface area is 195 Å². The van der Waals surface area contributed by atoms with Gasteiger partial charge >= 0.3 is 6.03 Å². The monoisotopic (exact) mass is 457 g/mol. The van der Waals surface area contributed by atoms with Gasteiger partial charge in [-0.2, -0.15) is 0 Å². The first-order chi connectivity index (χ1) is 15.4. The molecule has 1 aliphatic carbocycles. The lowest BCUT2D eigenvalue weighted by Crippen LogP contribution is -2.53. The fraction of sp³-hybridized carbons (Fsp3) is 0.480. The van der Waals surface area contributed by atoms with E-state index in [-0.39, 0.29) is 17.5 Å². The average molecular weight is 458 g/mol. The van der Waals surface area contributed by atoms with Crippen molar-refractivity contribution in [2.24, 2.45) is 0 Å². The summed E-state index contributed by atoms with van der Waals surface area (Å²) in [6.45, 7) is 1.04. The van der Waals surface area contributed by atoms with Crippen LogP contribution in [0.2, 0.25) is 5.02 Å². The predicted molar refractivity (Wildman–Crippen MR) is 128 cm³/mol. The van der Waals surface area contributed by atoms with Crippen LogP contribution in [0.25, 0.3) is 0 Å². The van der Waals surface area contributed by atoms with Crippen molar-refractivity contribution in [3.05, 3.63) is 53.1 Å². The molecule has 7 heteroatoms. The van der Waals surface area contributed by atoms with Gasteiger partial charge in [0.25, 0.3) is 0 Å². The molecule has 32 heavy (non-hydrogen) atoms. The molecule has 4 rings (SSSR count). The number of ether oxygens (including phenoxy) is 2. The van der Waals surface area contributed by atoms with Gasteiger partial charge in [-0.1, -0.05) is 23.7 Å². The molecule has 0 radical (unpaired) electrons. The molecule has 2 aromatic carbocycles. The highest BCUT2D eigenvalue weighted by molar-refractivity contribution is 6.30. The number of carbonyl (C=O) groups excluding carboxylic acids is 1. The van der Waals surface area contributed by atoms with Crippen molar-refractivity contribution >= 4 is 23.3 Å². The van der Waals surface area contributed by atoms with Gasteiger partial charge in [-0.15, -0.1) is 0 Å². The second kappa shape index (κ2) is 9.20. The van der Waals surface area contributed by atoms with Crippen LogP contribution in [0.4, 0.5) is 10.5 Å². The second-order valence-electron chi connectivity index (χ2n) is 8.93. The summed E-state index contributed by atoms with van der Waals surface area (Å²) >= 11 is 6.10. The Morgan fingerprint density at radius 3 is 2.66 bits per heavy atom. The summed E-state index contributed by atoms with van der Waals surface area (Å²) in [5.74, 6) is 1.52. The number of likely N-dealkylation sites (N-methyl/N-ethyl adjacent to an activating group) is 1. The third-order valence-electron chi connectivity index (χ3n) is 7.31. The molecule has 3 atom stereocenters. The molecular weight excluding hydrogens is 426 g/mol. The average Bonchev–Trinajstić information content (AvgIpc) is 3.15. The van der Waals surface area contributed by atoms with Crippen molar-refractivity contribution in [1.29, 1.82) is 0 Å². The Morgan fingerprint density at radius 1 is 1.16 bits per heavy atom.